The van der Waals surface area contributed by atoms with Crippen LogP contribution < -0.4 is 5.73 Å². The zero-order valence-electron chi connectivity index (χ0n) is 16.5. The van der Waals surface area contributed by atoms with Crippen LogP contribution in [0.2, 0.25) is 0 Å². The van der Waals surface area contributed by atoms with Crippen LogP contribution in [0.5, 0.6) is 0 Å². The maximum absolute atomic E-state index is 13.3. The molecule has 148 valence electrons. The summed E-state index contributed by atoms with van der Waals surface area (Å²) in [6.07, 6.45) is 0.922. The second-order valence-electron chi connectivity index (χ2n) is 7.44. The van der Waals surface area contributed by atoms with Crippen LogP contribution >= 0.6 is 0 Å². The van der Waals surface area contributed by atoms with Gasteiger partial charge in [0.25, 0.3) is 0 Å². The van der Waals surface area contributed by atoms with Gasteiger partial charge in [-0.1, -0.05) is 54.6 Å². The van der Waals surface area contributed by atoms with Gasteiger partial charge in [-0.15, -0.1) is 0 Å². The second-order valence-corrected chi connectivity index (χ2v) is 7.44. The van der Waals surface area contributed by atoms with E-state index in [4.69, 9.17) is 15.2 Å². The summed E-state index contributed by atoms with van der Waals surface area (Å²) in [7, 11) is 1.30. The van der Waals surface area contributed by atoms with Gasteiger partial charge in [-0.2, -0.15) is 0 Å². The molecule has 2 atom stereocenters. The van der Waals surface area contributed by atoms with Gasteiger partial charge >= 0.3 is 5.97 Å². The molecule has 2 N–H and O–H groups in total. The predicted molar refractivity (Wildman–Crippen MR) is 109 cm³/mol. The third-order valence-corrected chi connectivity index (χ3v) is 5.72. The van der Waals surface area contributed by atoms with Crippen LogP contribution in [0.15, 0.2) is 77.4 Å². The molecule has 4 rings (SSSR count). The van der Waals surface area contributed by atoms with Crippen molar-refractivity contribution >= 4 is 11.8 Å². The third-order valence-electron chi connectivity index (χ3n) is 5.72. The highest BCUT2D eigenvalue weighted by Crippen LogP contribution is 2.47. The number of Topliss-reactive ketones (excluding diaryl/α,β-unsaturated/α-hetero) is 1. The van der Waals surface area contributed by atoms with Gasteiger partial charge in [0.1, 0.15) is 11.3 Å². The molecular formula is C24H23NO4. The minimum Gasteiger partial charge on any atom is -0.465 e. The van der Waals surface area contributed by atoms with E-state index in [9.17, 15) is 9.59 Å². The zero-order valence-corrected chi connectivity index (χ0v) is 16.5. The molecule has 0 bridgehead atoms. The van der Waals surface area contributed by atoms with Crippen LogP contribution in [0.4, 0.5) is 0 Å². The zero-order chi connectivity index (χ0) is 20.5. The first-order chi connectivity index (χ1) is 14.0. The van der Waals surface area contributed by atoms with E-state index < -0.39 is 11.9 Å². The van der Waals surface area contributed by atoms with Crippen molar-refractivity contribution in [3.05, 3.63) is 94.1 Å². The van der Waals surface area contributed by atoms with Crippen LogP contribution in [0.25, 0.3) is 0 Å². The molecule has 1 aliphatic carbocycles. The van der Waals surface area contributed by atoms with E-state index in [1.165, 1.54) is 7.11 Å². The van der Waals surface area contributed by atoms with Crippen molar-refractivity contribution in [1.29, 1.82) is 0 Å². The molecule has 0 saturated heterocycles. The Morgan fingerprint density at radius 3 is 2.45 bits per heavy atom. The summed E-state index contributed by atoms with van der Waals surface area (Å²) in [5.74, 6) is -0.620. The first kappa shape index (κ1) is 19.0. The molecule has 1 aliphatic heterocycles. The van der Waals surface area contributed by atoms with Gasteiger partial charge in [-0.3, -0.25) is 4.79 Å². The quantitative estimate of drug-likeness (QED) is 0.807. The lowest BCUT2D eigenvalue weighted by Crippen LogP contribution is -2.33. The predicted octanol–water partition coefficient (Wildman–Crippen LogP) is 3.85. The minimum atomic E-state index is -0.586. The number of hydrogen-bond donors (Lipinski definition) is 1. The fourth-order valence-corrected chi connectivity index (χ4v) is 4.30. The lowest BCUT2D eigenvalue weighted by atomic mass is 9.72. The molecule has 0 aromatic heterocycles. The Labute approximate surface area is 169 Å². The lowest BCUT2D eigenvalue weighted by Gasteiger charge is -2.35. The van der Waals surface area contributed by atoms with Crippen molar-refractivity contribution in [3.8, 4) is 0 Å². The number of esters is 1. The third kappa shape index (κ3) is 3.33. The SMILES string of the molecule is COC(=O)C1=C(N)OC2=C(C(=O)C[C@H](c3ccccc3)C2)[C@@H]1c1ccccc1C. The topological polar surface area (TPSA) is 78.6 Å². The number of rotatable bonds is 3. The molecule has 0 fully saturated rings. The second kappa shape index (κ2) is 7.59. The Morgan fingerprint density at radius 1 is 1.07 bits per heavy atom. The molecular weight excluding hydrogens is 366 g/mol. The Balaban J connectivity index is 1.84. The van der Waals surface area contributed by atoms with Crippen LogP contribution in [0.1, 0.15) is 41.4 Å². The van der Waals surface area contributed by atoms with Gasteiger partial charge in [-0.25, -0.2) is 4.79 Å². The van der Waals surface area contributed by atoms with Gasteiger partial charge in [-0.05, 0) is 29.5 Å². The first-order valence-electron chi connectivity index (χ1n) is 9.63. The summed E-state index contributed by atoms with van der Waals surface area (Å²) >= 11 is 0. The van der Waals surface area contributed by atoms with Crippen LogP contribution in [-0.4, -0.2) is 18.9 Å². The molecule has 2 aliphatic rings. The standard InChI is InChI=1S/C24H23NO4/c1-14-8-6-7-11-17(14)20-21-18(26)12-16(15-9-4-3-5-10-15)13-19(21)29-23(25)22(20)24(27)28-2/h3-11,16,20H,12-13,25H2,1-2H3/t16-,20-/m0/s1. The van der Waals surface area contributed by atoms with Crippen molar-refractivity contribution in [2.24, 2.45) is 5.73 Å². The minimum absolute atomic E-state index is 0.00497. The summed E-state index contributed by atoms with van der Waals surface area (Å²) in [5, 5.41) is 0. The van der Waals surface area contributed by atoms with E-state index >= 15 is 0 Å². The fraction of sp³-hybridized carbons (Fsp3) is 0.250. The number of allylic oxidation sites excluding steroid dienone is 2. The monoisotopic (exact) mass is 389 g/mol. The Morgan fingerprint density at radius 2 is 1.76 bits per heavy atom. The smallest absolute Gasteiger partial charge is 0.340 e. The van der Waals surface area contributed by atoms with Crippen LogP contribution in [0.3, 0.4) is 0 Å². The van der Waals surface area contributed by atoms with Crippen LogP contribution in [0, 0.1) is 6.92 Å². The summed E-state index contributed by atoms with van der Waals surface area (Å²) in [5.41, 5.74) is 9.80. The van der Waals surface area contributed by atoms with Gasteiger partial charge in [0.15, 0.2) is 5.78 Å². The molecule has 0 radical (unpaired) electrons. The van der Waals surface area contributed by atoms with Crippen molar-refractivity contribution in [2.75, 3.05) is 7.11 Å². The highest BCUT2D eigenvalue weighted by Gasteiger charge is 2.43. The van der Waals surface area contributed by atoms with E-state index in [1.54, 1.807) is 0 Å². The molecule has 2 aromatic rings. The number of carbonyl (C=O) groups is 2. The lowest BCUT2D eigenvalue weighted by molar-refractivity contribution is -0.136. The van der Waals surface area contributed by atoms with E-state index in [-0.39, 0.29) is 23.2 Å². The number of aryl methyl sites for hydroxylation is 1. The molecule has 0 unspecified atom stereocenters. The van der Waals surface area contributed by atoms with E-state index in [2.05, 4.69) is 0 Å². The summed E-state index contributed by atoms with van der Waals surface area (Å²) in [6.45, 7) is 1.95. The van der Waals surface area contributed by atoms with Crippen molar-refractivity contribution in [3.63, 3.8) is 0 Å². The molecule has 5 nitrogen and oxygen atoms in total. The number of methoxy groups -OCH3 is 1. The number of ketones is 1. The Hall–Kier alpha value is -3.34. The summed E-state index contributed by atoms with van der Waals surface area (Å²) < 4.78 is 10.8. The molecule has 1 heterocycles. The van der Waals surface area contributed by atoms with E-state index in [0.29, 0.717) is 24.2 Å². The Kier molecular flexibility index (Phi) is 4.97. The number of nitrogens with two attached hydrogens (primary N) is 1. The normalized spacial score (nSPS) is 21.5. The largest absolute Gasteiger partial charge is 0.465 e. The van der Waals surface area contributed by atoms with Gasteiger partial charge in [0.05, 0.1) is 13.0 Å². The average molecular weight is 389 g/mol. The summed E-state index contributed by atoms with van der Waals surface area (Å²) in [4.78, 5) is 25.9. The van der Waals surface area contributed by atoms with Gasteiger partial charge in [0.2, 0.25) is 5.88 Å². The van der Waals surface area contributed by atoms with Gasteiger partial charge < -0.3 is 15.2 Å². The number of hydrogen-bond acceptors (Lipinski definition) is 5. The molecule has 29 heavy (non-hydrogen) atoms. The molecule has 5 heteroatoms. The van der Waals surface area contributed by atoms with E-state index in [0.717, 1.165) is 16.7 Å². The highest BCUT2D eigenvalue weighted by molar-refractivity contribution is 6.03. The number of benzene rings is 2. The molecule has 0 spiro atoms. The maximum atomic E-state index is 13.3. The molecule has 2 aromatic carbocycles. The first-order valence-corrected chi connectivity index (χ1v) is 9.63. The van der Waals surface area contributed by atoms with Crippen molar-refractivity contribution < 1.29 is 19.1 Å². The summed E-state index contributed by atoms with van der Waals surface area (Å²) in [6, 6.07) is 17.6. The van der Waals surface area contributed by atoms with E-state index in [1.807, 2.05) is 61.5 Å². The highest BCUT2D eigenvalue weighted by atomic mass is 16.5. The van der Waals surface area contributed by atoms with Crippen molar-refractivity contribution in [2.45, 2.75) is 31.6 Å². The van der Waals surface area contributed by atoms with Crippen LogP contribution in [-0.2, 0) is 19.1 Å². The molecule has 0 saturated carbocycles. The number of ether oxygens (including phenoxy) is 2. The number of carbonyl (C=O) groups excluding carboxylic acids is 2. The Bertz CT molecular complexity index is 1040. The van der Waals surface area contributed by atoms with Gasteiger partial charge in [0, 0.05) is 18.4 Å². The van der Waals surface area contributed by atoms with Crippen molar-refractivity contribution in [1.82, 2.24) is 0 Å². The maximum Gasteiger partial charge on any atom is 0.340 e. The fourth-order valence-electron chi connectivity index (χ4n) is 4.30. The molecule has 0 amide bonds. The average Bonchev–Trinajstić information content (AvgIpc) is 2.73.